The van der Waals surface area contributed by atoms with Gasteiger partial charge in [-0.15, -0.1) is 0 Å². The zero-order valence-electron chi connectivity index (χ0n) is 14.7. The van der Waals surface area contributed by atoms with E-state index in [1.165, 1.54) is 7.11 Å². The summed E-state index contributed by atoms with van der Waals surface area (Å²) in [7, 11) is 1.33. The van der Waals surface area contributed by atoms with Crippen molar-refractivity contribution in [2.24, 2.45) is 0 Å². The van der Waals surface area contributed by atoms with E-state index in [4.69, 9.17) is 4.74 Å². The first-order valence-electron chi connectivity index (χ1n) is 8.07. The number of piperidine rings is 1. The first-order chi connectivity index (χ1) is 11.3. The van der Waals surface area contributed by atoms with E-state index in [2.05, 4.69) is 19.9 Å². The molecular weight excluding hydrogens is 310 g/mol. The first kappa shape index (κ1) is 18.0. The van der Waals surface area contributed by atoms with E-state index in [0.29, 0.717) is 6.54 Å². The quantitative estimate of drug-likeness (QED) is 0.854. The van der Waals surface area contributed by atoms with Gasteiger partial charge in [-0.2, -0.15) is 0 Å². The third-order valence-corrected chi connectivity index (χ3v) is 3.65. The highest BCUT2D eigenvalue weighted by molar-refractivity contribution is 5.87. The normalized spacial score (nSPS) is 18.0. The van der Waals surface area contributed by atoms with E-state index in [1.54, 1.807) is 12.3 Å². The van der Waals surface area contributed by atoms with Crippen LogP contribution in [0.25, 0.3) is 0 Å². The molecule has 0 unspecified atom stereocenters. The van der Waals surface area contributed by atoms with Crippen molar-refractivity contribution in [3.05, 3.63) is 24.0 Å². The lowest BCUT2D eigenvalue weighted by molar-refractivity contribution is 0.0498. The van der Waals surface area contributed by atoms with E-state index in [0.717, 1.165) is 25.1 Å². The minimum Gasteiger partial charge on any atom is -0.464 e. The number of aromatic nitrogens is 1. The van der Waals surface area contributed by atoms with Crippen LogP contribution < -0.4 is 10.2 Å². The molecular formula is C17H25N3O4. The van der Waals surface area contributed by atoms with Crippen molar-refractivity contribution in [1.82, 2.24) is 10.3 Å². The summed E-state index contributed by atoms with van der Waals surface area (Å²) in [6, 6.07) is 3.51. The van der Waals surface area contributed by atoms with Crippen LogP contribution in [-0.4, -0.2) is 48.9 Å². The van der Waals surface area contributed by atoms with Gasteiger partial charge in [0.1, 0.15) is 11.3 Å². The van der Waals surface area contributed by atoms with E-state index in [-0.39, 0.29) is 11.7 Å². The van der Waals surface area contributed by atoms with Crippen molar-refractivity contribution in [3.63, 3.8) is 0 Å². The Bertz CT molecular complexity index is 580. The number of ether oxygens (including phenoxy) is 2. The molecule has 2 rings (SSSR count). The molecule has 24 heavy (non-hydrogen) atoms. The summed E-state index contributed by atoms with van der Waals surface area (Å²) in [5, 5.41) is 2.92. The van der Waals surface area contributed by atoms with Gasteiger partial charge in [-0.1, -0.05) is 0 Å². The van der Waals surface area contributed by atoms with Crippen molar-refractivity contribution in [1.29, 1.82) is 0 Å². The molecule has 7 nitrogen and oxygen atoms in total. The van der Waals surface area contributed by atoms with Crippen molar-refractivity contribution in [3.8, 4) is 0 Å². The van der Waals surface area contributed by atoms with Crippen LogP contribution in [0.5, 0.6) is 0 Å². The topological polar surface area (TPSA) is 80.8 Å². The minimum absolute atomic E-state index is 0.0221. The number of hydrogen-bond donors (Lipinski definition) is 1. The minimum atomic E-state index is -0.508. The van der Waals surface area contributed by atoms with Crippen molar-refractivity contribution >= 4 is 17.7 Å². The van der Waals surface area contributed by atoms with E-state index < -0.39 is 17.7 Å². The Morgan fingerprint density at radius 2 is 2.08 bits per heavy atom. The van der Waals surface area contributed by atoms with E-state index in [1.807, 2.05) is 26.8 Å². The maximum atomic E-state index is 11.9. The number of rotatable bonds is 3. The fraction of sp³-hybridized carbons (Fsp3) is 0.588. The van der Waals surface area contributed by atoms with E-state index >= 15 is 0 Å². The second-order valence-corrected chi connectivity index (χ2v) is 6.82. The van der Waals surface area contributed by atoms with Gasteiger partial charge in [0.15, 0.2) is 0 Å². The third-order valence-electron chi connectivity index (χ3n) is 3.65. The number of anilines is 1. The number of carbonyl (C=O) groups excluding carboxylic acids is 2. The van der Waals surface area contributed by atoms with Crippen LogP contribution in [0, 0.1) is 0 Å². The Hall–Kier alpha value is -2.31. The van der Waals surface area contributed by atoms with Crippen LogP contribution in [0.2, 0.25) is 0 Å². The number of methoxy groups -OCH3 is 1. The summed E-state index contributed by atoms with van der Waals surface area (Å²) in [4.78, 5) is 29.6. The fourth-order valence-corrected chi connectivity index (χ4v) is 2.60. The zero-order chi connectivity index (χ0) is 17.7. The third kappa shape index (κ3) is 5.11. The Labute approximate surface area is 142 Å². The highest BCUT2D eigenvalue weighted by atomic mass is 16.6. The Balaban J connectivity index is 1.95. The summed E-state index contributed by atoms with van der Waals surface area (Å²) in [5.74, 6) is -0.454. The van der Waals surface area contributed by atoms with Gasteiger partial charge in [-0.25, -0.2) is 14.6 Å². The molecule has 7 heteroatoms. The number of nitrogens with one attached hydrogen (secondary N) is 1. The Kier molecular flexibility index (Phi) is 5.64. The number of carbonyl (C=O) groups is 2. The standard InChI is InChI=1S/C17H25N3O4/c1-17(2,3)24-16(22)19-12-6-5-9-20(11-12)13-7-8-14(18-10-13)15(21)23-4/h7-8,10,12H,5-6,9,11H2,1-4H3,(H,19,22)/t12-/m0/s1. The van der Waals surface area contributed by atoms with Gasteiger partial charge in [-0.3, -0.25) is 0 Å². The van der Waals surface area contributed by atoms with Gasteiger partial charge in [-0.05, 0) is 45.7 Å². The van der Waals surface area contributed by atoms with Crippen LogP contribution >= 0.6 is 0 Å². The Morgan fingerprint density at radius 3 is 2.67 bits per heavy atom. The zero-order valence-corrected chi connectivity index (χ0v) is 14.7. The van der Waals surface area contributed by atoms with Gasteiger partial charge in [0.25, 0.3) is 0 Å². The molecule has 0 aromatic carbocycles. The molecule has 1 atom stereocenters. The number of pyridine rings is 1. The molecule has 1 amide bonds. The van der Waals surface area contributed by atoms with Crippen LogP contribution in [0.4, 0.5) is 10.5 Å². The SMILES string of the molecule is COC(=O)c1ccc(N2CCC[C@H](NC(=O)OC(C)(C)C)C2)cn1. The summed E-state index contributed by atoms with van der Waals surface area (Å²) in [6.45, 7) is 7.08. The largest absolute Gasteiger partial charge is 0.464 e. The molecule has 2 heterocycles. The number of hydrogen-bond acceptors (Lipinski definition) is 6. The highest BCUT2D eigenvalue weighted by Crippen LogP contribution is 2.20. The molecule has 0 saturated carbocycles. The Morgan fingerprint density at radius 1 is 1.33 bits per heavy atom. The highest BCUT2D eigenvalue weighted by Gasteiger charge is 2.24. The first-order valence-corrected chi connectivity index (χ1v) is 8.07. The molecule has 0 spiro atoms. The lowest BCUT2D eigenvalue weighted by Crippen LogP contribution is -2.49. The number of esters is 1. The molecule has 1 aliphatic rings. The predicted molar refractivity (Wildman–Crippen MR) is 90.2 cm³/mol. The maximum absolute atomic E-state index is 11.9. The van der Waals surface area contributed by atoms with E-state index in [9.17, 15) is 9.59 Å². The average molecular weight is 335 g/mol. The number of amides is 1. The van der Waals surface area contributed by atoms with Gasteiger partial charge < -0.3 is 19.7 Å². The lowest BCUT2D eigenvalue weighted by atomic mass is 10.1. The molecule has 1 N–H and O–H groups in total. The van der Waals surface area contributed by atoms with Crippen molar-refractivity contribution < 1.29 is 19.1 Å². The molecule has 1 aliphatic heterocycles. The molecule has 1 aromatic heterocycles. The summed E-state index contributed by atoms with van der Waals surface area (Å²) in [5.41, 5.74) is 0.687. The van der Waals surface area contributed by atoms with Crippen LogP contribution in [-0.2, 0) is 9.47 Å². The maximum Gasteiger partial charge on any atom is 0.407 e. The lowest BCUT2D eigenvalue weighted by Gasteiger charge is -2.34. The van der Waals surface area contributed by atoms with Crippen LogP contribution in [0.1, 0.15) is 44.1 Å². The number of alkyl carbamates (subject to hydrolysis) is 1. The average Bonchev–Trinajstić information content (AvgIpc) is 2.52. The predicted octanol–water partition coefficient (Wildman–Crippen LogP) is 2.36. The molecule has 1 fully saturated rings. The molecule has 0 bridgehead atoms. The van der Waals surface area contributed by atoms with Gasteiger partial charge in [0, 0.05) is 19.1 Å². The molecule has 0 radical (unpaired) electrons. The smallest absolute Gasteiger partial charge is 0.407 e. The molecule has 1 saturated heterocycles. The molecule has 1 aromatic rings. The monoisotopic (exact) mass is 335 g/mol. The van der Waals surface area contributed by atoms with Crippen LogP contribution in [0.15, 0.2) is 18.3 Å². The second-order valence-electron chi connectivity index (χ2n) is 6.82. The van der Waals surface area contributed by atoms with Gasteiger partial charge in [0.05, 0.1) is 19.0 Å². The summed E-state index contributed by atoms with van der Waals surface area (Å²) in [6.07, 6.45) is 3.12. The summed E-state index contributed by atoms with van der Waals surface area (Å²) < 4.78 is 9.95. The second kappa shape index (κ2) is 7.51. The van der Waals surface area contributed by atoms with Gasteiger partial charge >= 0.3 is 12.1 Å². The molecule has 132 valence electrons. The fourth-order valence-electron chi connectivity index (χ4n) is 2.60. The number of nitrogens with zero attached hydrogens (tertiary/aromatic N) is 2. The van der Waals surface area contributed by atoms with Crippen molar-refractivity contribution in [2.75, 3.05) is 25.1 Å². The molecule has 0 aliphatic carbocycles. The van der Waals surface area contributed by atoms with Gasteiger partial charge in [0.2, 0.25) is 0 Å². The van der Waals surface area contributed by atoms with Crippen LogP contribution in [0.3, 0.4) is 0 Å². The van der Waals surface area contributed by atoms with Crippen molar-refractivity contribution in [2.45, 2.75) is 45.3 Å². The summed E-state index contributed by atoms with van der Waals surface area (Å²) >= 11 is 0.